The van der Waals surface area contributed by atoms with E-state index in [1.165, 1.54) is 11.0 Å². The molecule has 1 fully saturated rings. The SMILES string of the molecule is C=CC(=O)/C(=C/C(=O)N1[C@H](N)COC[C@@H]1C)OCc1ccccc1. The fourth-order valence-corrected chi connectivity index (χ4v) is 2.43. The van der Waals surface area contributed by atoms with Crippen molar-refractivity contribution in [2.24, 2.45) is 5.73 Å². The van der Waals surface area contributed by atoms with Gasteiger partial charge in [-0.25, -0.2) is 0 Å². The van der Waals surface area contributed by atoms with Crippen molar-refractivity contribution in [1.82, 2.24) is 4.90 Å². The summed E-state index contributed by atoms with van der Waals surface area (Å²) in [5.74, 6) is -0.880. The Kier molecular flexibility index (Phi) is 6.28. The van der Waals surface area contributed by atoms with Crippen LogP contribution in [-0.4, -0.2) is 42.0 Å². The first-order valence-corrected chi connectivity index (χ1v) is 7.73. The predicted molar refractivity (Wildman–Crippen MR) is 89.6 cm³/mol. The first-order chi connectivity index (χ1) is 11.5. The van der Waals surface area contributed by atoms with E-state index in [0.717, 1.165) is 11.6 Å². The van der Waals surface area contributed by atoms with Crippen LogP contribution in [0.5, 0.6) is 0 Å². The number of hydrogen-bond donors (Lipinski definition) is 1. The number of morpholine rings is 1. The molecule has 128 valence electrons. The zero-order valence-corrected chi connectivity index (χ0v) is 13.7. The number of ether oxygens (including phenoxy) is 2. The highest BCUT2D eigenvalue weighted by Crippen LogP contribution is 2.13. The smallest absolute Gasteiger partial charge is 0.252 e. The van der Waals surface area contributed by atoms with Gasteiger partial charge in [0.15, 0.2) is 5.76 Å². The summed E-state index contributed by atoms with van der Waals surface area (Å²) in [6.07, 6.45) is 1.74. The van der Waals surface area contributed by atoms with Crippen LogP contribution in [0.25, 0.3) is 0 Å². The first kappa shape index (κ1) is 17.9. The fourth-order valence-electron chi connectivity index (χ4n) is 2.43. The van der Waals surface area contributed by atoms with E-state index < -0.39 is 11.9 Å². The zero-order valence-electron chi connectivity index (χ0n) is 13.7. The average molecular weight is 330 g/mol. The Morgan fingerprint density at radius 3 is 2.71 bits per heavy atom. The Labute approximate surface area is 141 Å². The lowest BCUT2D eigenvalue weighted by molar-refractivity contribution is -0.139. The maximum absolute atomic E-state index is 12.5. The van der Waals surface area contributed by atoms with Crippen molar-refractivity contribution in [3.05, 3.63) is 60.4 Å². The molecule has 2 rings (SSSR count). The molecule has 0 unspecified atom stereocenters. The summed E-state index contributed by atoms with van der Waals surface area (Å²) in [7, 11) is 0. The number of rotatable bonds is 6. The third-order valence-electron chi connectivity index (χ3n) is 3.65. The van der Waals surface area contributed by atoms with Gasteiger partial charge in [0, 0.05) is 6.08 Å². The van der Waals surface area contributed by atoms with Gasteiger partial charge in [0.1, 0.15) is 12.8 Å². The molecular weight excluding hydrogens is 308 g/mol. The lowest BCUT2D eigenvalue weighted by Gasteiger charge is -2.37. The molecule has 1 saturated heterocycles. The number of nitrogens with two attached hydrogens (primary N) is 1. The summed E-state index contributed by atoms with van der Waals surface area (Å²) in [6.45, 7) is 6.14. The highest BCUT2D eigenvalue weighted by Gasteiger charge is 2.29. The Balaban J connectivity index is 2.13. The third-order valence-corrected chi connectivity index (χ3v) is 3.65. The van der Waals surface area contributed by atoms with E-state index in [0.29, 0.717) is 6.61 Å². The first-order valence-electron chi connectivity index (χ1n) is 7.73. The van der Waals surface area contributed by atoms with Gasteiger partial charge in [-0.3, -0.25) is 9.59 Å². The molecule has 0 aromatic heterocycles. The van der Waals surface area contributed by atoms with Crippen molar-refractivity contribution >= 4 is 11.7 Å². The van der Waals surface area contributed by atoms with Gasteiger partial charge in [-0.2, -0.15) is 0 Å². The number of hydrogen-bond acceptors (Lipinski definition) is 5. The predicted octanol–water partition coefficient (Wildman–Crippen LogP) is 1.37. The highest BCUT2D eigenvalue weighted by molar-refractivity contribution is 6.06. The molecule has 6 nitrogen and oxygen atoms in total. The van der Waals surface area contributed by atoms with Crippen molar-refractivity contribution in [1.29, 1.82) is 0 Å². The summed E-state index contributed by atoms with van der Waals surface area (Å²) in [5.41, 5.74) is 6.82. The second-order valence-electron chi connectivity index (χ2n) is 5.55. The molecule has 1 amide bonds. The molecule has 24 heavy (non-hydrogen) atoms. The summed E-state index contributed by atoms with van der Waals surface area (Å²) < 4.78 is 10.8. The standard InChI is InChI=1S/C18H22N2O4/c1-3-15(21)16(24-11-14-7-5-4-6-8-14)9-18(22)20-13(2)10-23-12-17(20)19/h3-9,13,17H,1,10-12,19H2,2H3/b16-9-/t13-,17-/m0/s1. The van der Waals surface area contributed by atoms with Crippen LogP contribution < -0.4 is 5.73 Å². The monoisotopic (exact) mass is 330 g/mol. The van der Waals surface area contributed by atoms with Gasteiger partial charge in [-0.1, -0.05) is 36.9 Å². The molecule has 1 aromatic carbocycles. The van der Waals surface area contributed by atoms with Gasteiger partial charge >= 0.3 is 0 Å². The van der Waals surface area contributed by atoms with Gasteiger partial charge in [0.2, 0.25) is 5.78 Å². The molecular formula is C18H22N2O4. The van der Waals surface area contributed by atoms with Crippen LogP contribution >= 0.6 is 0 Å². The number of carbonyl (C=O) groups excluding carboxylic acids is 2. The number of amides is 1. The molecule has 0 spiro atoms. The lowest BCUT2D eigenvalue weighted by atomic mass is 10.2. The van der Waals surface area contributed by atoms with Gasteiger partial charge in [-0.15, -0.1) is 0 Å². The molecule has 0 bridgehead atoms. The van der Waals surface area contributed by atoms with Gasteiger partial charge in [0.25, 0.3) is 5.91 Å². The van der Waals surface area contributed by atoms with Crippen molar-refractivity contribution < 1.29 is 19.1 Å². The van der Waals surface area contributed by atoms with Gasteiger partial charge < -0.3 is 20.1 Å². The van der Waals surface area contributed by atoms with E-state index in [9.17, 15) is 9.59 Å². The van der Waals surface area contributed by atoms with E-state index >= 15 is 0 Å². The average Bonchev–Trinajstić information content (AvgIpc) is 2.58. The quantitative estimate of drug-likeness (QED) is 0.629. The molecule has 0 saturated carbocycles. The van der Waals surface area contributed by atoms with Crippen molar-refractivity contribution in [3.63, 3.8) is 0 Å². The number of nitrogens with zero attached hydrogens (tertiary/aromatic N) is 1. The maximum Gasteiger partial charge on any atom is 0.252 e. The van der Waals surface area contributed by atoms with Crippen molar-refractivity contribution in [2.45, 2.75) is 25.7 Å². The van der Waals surface area contributed by atoms with Crippen LogP contribution in [0.3, 0.4) is 0 Å². The Morgan fingerprint density at radius 2 is 2.08 bits per heavy atom. The molecule has 1 aromatic rings. The molecule has 1 heterocycles. The number of allylic oxidation sites excluding steroid dienone is 1. The minimum Gasteiger partial charge on any atom is -0.485 e. The topological polar surface area (TPSA) is 81.9 Å². The molecule has 1 aliphatic heterocycles. The second-order valence-corrected chi connectivity index (χ2v) is 5.55. The Morgan fingerprint density at radius 1 is 1.38 bits per heavy atom. The van der Waals surface area contributed by atoms with Gasteiger partial charge in [0.05, 0.1) is 19.3 Å². The van der Waals surface area contributed by atoms with E-state index in [1.807, 2.05) is 37.3 Å². The summed E-state index contributed by atoms with van der Waals surface area (Å²) in [5, 5.41) is 0. The van der Waals surface area contributed by atoms with E-state index in [-0.39, 0.29) is 30.9 Å². The molecule has 0 radical (unpaired) electrons. The maximum atomic E-state index is 12.5. The molecule has 6 heteroatoms. The van der Waals surface area contributed by atoms with Crippen LogP contribution in [0, 0.1) is 0 Å². The molecule has 2 atom stereocenters. The molecule has 0 aliphatic carbocycles. The number of benzene rings is 1. The summed E-state index contributed by atoms with van der Waals surface area (Å²) in [4.78, 5) is 26.0. The van der Waals surface area contributed by atoms with Crippen molar-refractivity contribution in [2.75, 3.05) is 13.2 Å². The third kappa shape index (κ3) is 4.53. The Hall–Kier alpha value is -2.44. The van der Waals surface area contributed by atoms with Gasteiger partial charge in [-0.05, 0) is 18.6 Å². The molecule has 2 N–H and O–H groups in total. The second kappa shape index (κ2) is 8.42. The minimum atomic E-state index is -0.549. The van der Waals surface area contributed by atoms with Crippen LogP contribution in [0.4, 0.5) is 0 Å². The number of carbonyl (C=O) groups is 2. The fraction of sp³-hybridized carbons (Fsp3) is 0.333. The van der Waals surface area contributed by atoms with E-state index in [1.54, 1.807) is 0 Å². The minimum absolute atomic E-state index is 0.0512. The summed E-state index contributed by atoms with van der Waals surface area (Å²) in [6, 6.07) is 9.20. The zero-order chi connectivity index (χ0) is 17.5. The van der Waals surface area contributed by atoms with Crippen LogP contribution in [0.15, 0.2) is 54.8 Å². The number of ketones is 1. The van der Waals surface area contributed by atoms with E-state index in [2.05, 4.69) is 6.58 Å². The largest absolute Gasteiger partial charge is 0.485 e. The molecule has 1 aliphatic rings. The van der Waals surface area contributed by atoms with E-state index in [4.69, 9.17) is 15.2 Å². The van der Waals surface area contributed by atoms with Crippen LogP contribution in [0.2, 0.25) is 0 Å². The lowest BCUT2D eigenvalue weighted by Crippen LogP contribution is -2.57. The van der Waals surface area contributed by atoms with Crippen LogP contribution in [0.1, 0.15) is 12.5 Å². The van der Waals surface area contributed by atoms with Crippen LogP contribution in [-0.2, 0) is 25.7 Å². The van der Waals surface area contributed by atoms with Crippen molar-refractivity contribution in [3.8, 4) is 0 Å². The normalized spacial score (nSPS) is 21.2. The Bertz CT molecular complexity index is 617. The summed E-state index contributed by atoms with van der Waals surface area (Å²) >= 11 is 0. The highest BCUT2D eigenvalue weighted by atomic mass is 16.5.